The van der Waals surface area contributed by atoms with Crippen molar-refractivity contribution < 1.29 is 9.53 Å². The number of ether oxygens (including phenoxy) is 1. The van der Waals surface area contributed by atoms with Crippen molar-refractivity contribution in [3.63, 3.8) is 0 Å². The largest absolute Gasteiger partial charge is 0.493 e. The average Bonchev–Trinajstić information content (AvgIpc) is 2.39. The summed E-state index contributed by atoms with van der Waals surface area (Å²) >= 11 is 0. The van der Waals surface area contributed by atoms with Crippen molar-refractivity contribution in [3.8, 4) is 5.75 Å². The third-order valence-electron chi connectivity index (χ3n) is 2.70. The number of rotatable bonds is 5. The number of aromatic nitrogens is 1. The predicted octanol–water partition coefficient (Wildman–Crippen LogP) is 2.49. The van der Waals surface area contributed by atoms with Gasteiger partial charge < -0.3 is 10.5 Å². The number of nitrogen functional groups attached to an aromatic ring is 1. The predicted molar refractivity (Wildman–Crippen MR) is 74.3 cm³/mol. The molecule has 2 N–H and O–H groups in total. The van der Waals surface area contributed by atoms with Crippen LogP contribution >= 0.6 is 0 Å². The molecular formula is C15H16N2O2. The number of para-hydroxylation sites is 1. The van der Waals surface area contributed by atoms with Crippen LogP contribution in [-0.4, -0.2) is 17.4 Å². The lowest BCUT2D eigenvalue weighted by molar-refractivity contribution is 0.0989. The third-order valence-corrected chi connectivity index (χ3v) is 2.70. The van der Waals surface area contributed by atoms with Crippen LogP contribution in [-0.2, 0) is 6.42 Å². The molecule has 1 aromatic heterocycles. The lowest BCUT2D eigenvalue weighted by atomic mass is 10.0. The Morgan fingerprint density at radius 2 is 2.11 bits per heavy atom. The molecular weight excluding hydrogens is 240 g/mol. The van der Waals surface area contributed by atoms with E-state index >= 15 is 0 Å². The molecule has 0 aliphatic rings. The number of hydrogen-bond donors (Lipinski definition) is 1. The third kappa shape index (κ3) is 3.31. The molecule has 4 nitrogen and oxygen atoms in total. The van der Waals surface area contributed by atoms with Gasteiger partial charge in [-0.15, -0.1) is 0 Å². The summed E-state index contributed by atoms with van der Waals surface area (Å²) in [5.41, 5.74) is 7.05. The Morgan fingerprint density at radius 1 is 1.32 bits per heavy atom. The first-order chi connectivity index (χ1) is 9.20. The van der Waals surface area contributed by atoms with Gasteiger partial charge in [-0.05, 0) is 36.8 Å². The van der Waals surface area contributed by atoms with Crippen molar-refractivity contribution in [1.29, 1.82) is 0 Å². The molecule has 0 unspecified atom stereocenters. The van der Waals surface area contributed by atoms with Gasteiger partial charge in [-0.1, -0.05) is 12.1 Å². The van der Waals surface area contributed by atoms with Crippen molar-refractivity contribution in [2.75, 3.05) is 12.3 Å². The number of anilines is 1. The molecule has 0 aliphatic heterocycles. The second-order valence-corrected chi connectivity index (χ2v) is 4.12. The molecule has 0 saturated carbocycles. The van der Waals surface area contributed by atoms with Crippen LogP contribution in [0.3, 0.4) is 0 Å². The van der Waals surface area contributed by atoms with Crippen LogP contribution < -0.4 is 10.5 Å². The van der Waals surface area contributed by atoms with Gasteiger partial charge in [-0.2, -0.15) is 0 Å². The Hall–Kier alpha value is -2.36. The zero-order chi connectivity index (χ0) is 13.7. The van der Waals surface area contributed by atoms with Crippen LogP contribution in [0.4, 0.5) is 5.82 Å². The first-order valence-electron chi connectivity index (χ1n) is 6.16. The highest BCUT2D eigenvalue weighted by Gasteiger charge is 2.12. The topological polar surface area (TPSA) is 65.2 Å². The summed E-state index contributed by atoms with van der Waals surface area (Å²) in [7, 11) is 0. The standard InChI is InChI=1S/C15H16N2O2/c1-2-19-14-6-4-3-5-12(14)13(18)9-11-7-8-17-15(16)10-11/h3-8,10H,2,9H2,1H3,(H2,16,17). The summed E-state index contributed by atoms with van der Waals surface area (Å²) in [5, 5.41) is 0. The number of Topliss-reactive ketones (excluding diaryl/α,β-unsaturated/α-hetero) is 1. The summed E-state index contributed by atoms with van der Waals surface area (Å²) in [4.78, 5) is 16.2. The Morgan fingerprint density at radius 3 is 2.84 bits per heavy atom. The van der Waals surface area contributed by atoms with Crippen LogP contribution in [0.2, 0.25) is 0 Å². The van der Waals surface area contributed by atoms with E-state index in [9.17, 15) is 4.79 Å². The number of nitrogens with two attached hydrogens (primary N) is 1. The first kappa shape index (κ1) is 13.1. The van der Waals surface area contributed by atoms with Gasteiger partial charge in [0.15, 0.2) is 5.78 Å². The van der Waals surface area contributed by atoms with E-state index in [4.69, 9.17) is 10.5 Å². The first-order valence-corrected chi connectivity index (χ1v) is 6.16. The molecule has 0 amide bonds. The molecule has 1 heterocycles. The quantitative estimate of drug-likeness (QED) is 0.835. The van der Waals surface area contributed by atoms with Gasteiger partial charge in [0.05, 0.1) is 12.2 Å². The van der Waals surface area contributed by atoms with E-state index in [0.29, 0.717) is 23.7 Å². The van der Waals surface area contributed by atoms with Crippen molar-refractivity contribution in [1.82, 2.24) is 4.98 Å². The smallest absolute Gasteiger partial charge is 0.170 e. The van der Waals surface area contributed by atoms with Crippen LogP contribution in [0.5, 0.6) is 5.75 Å². The van der Waals surface area contributed by atoms with Crippen LogP contribution in [0.1, 0.15) is 22.8 Å². The Labute approximate surface area is 112 Å². The van der Waals surface area contributed by atoms with E-state index in [1.54, 1.807) is 30.5 Å². The average molecular weight is 256 g/mol. The van der Waals surface area contributed by atoms with Gasteiger partial charge in [-0.3, -0.25) is 4.79 Å². The molecule has 0 saturated heterocycles. The fraction of sp³-hybridized carbons (Fsp3) is 0.200. The number of benzene rings is 1. The normalized spacial score (nSPS) is 10.2. The lowest BCUT2D eigenvalue weighted by Gasteiger charge is -2.09. The second kappa shape index (κ2) is 6.00. The summed E-state index contributed by atoms with van der Waals surface area (Å²) < 4.78 is 5.46. The maximum Gasteiger partial charge on any atom is 0.170 e. The summed E-state index contributed by atoms with van der Waals surface area (Å²) in [5.74, 6) is 1.05. The van der Waals surface area contributed by atoms with Crippen LogP contribution in [0.25, 0.3) is 0 Å². The molecule has 0 fully saturated rings. The molecule has 0 spiro atoms. The molecule has 0 bridgehead atoms. The van der Waals surface area contributed by atoms with Crippen LogP contribution in [0.15, 0.2) is 42.6 Å². The van der Waals surface area contributed by atoms with E-state index in [0.717, 1.165) is 5.56 Å². The van der Waals surface area contributed by atoms with Gasteiger partial charge in [-0.25, -0.2) is 4.98 Å². The minimum atomic E-state index is 0.00894. The number of hydrogen-bond acceptors (Lipinski definition) is 4. The minimum absolute atomic E-state index is 0.00894. The molecule has 4 heteroatoms. The Balaban J connectivity index is 2.20. The number of pyridine rings is 1. The lowest BCUT2D eigenvalue weighted by Crippen LogP contribution is -2.07. The Kier molecular flexibility index (Phi) is 4.13. The number of nitrogens with zero attached hydrogens (tertiary/aromatic N) is 1. The van der Waals surface area contributed by atoms with E-state index < -0.39 is 0 Å². The number of ketones is 1. The van der Waals surface area contributed by atoms with Gasteiger partial charge in [0.2, 0.25) is 0 Å². The summed E-state index contributed by atoms with van der Waals surface area (Å²) in [6.45, 7) is 2.43. The van der Waals surface area contributed by atoms with Crippen molar-refractivity contribution >= 4 is 11.6 Å². The van der Waals surface area contributed by atoms with Gasteiger partial charge in [0.25, 0.3) is 0 Å². The maximum absolute atomic E-state index is 12.3. The summed E-state index contributed by atoms with van der Waals surface area (Å²) in [6, 6.07) is 10.8. The number of carbonyl (C=O) groups is 1. The molecule has 0 atom stereocenters. The fourth-order valence-corrected chi connectivity index (χ4v) is 1.86. The van der Waals surface area contributed by atoms with Crippen molar-refractivity contribution in [2.45, 2.75) is 13.3 Å². The number of carbonyl (C=O) groups excluding carboxylic acids is 1. The molecule has 0 radical (unpaired) electrons. The fourth-order valence-electron chi connectivity index (χ4n) is 1.86. The van der Waals surface area contributed by atoms with Gasteiger partial charge in [0.1, 0.15) is 11.6 Å². The van der Waals surface area contributed by atoms with Gasteiger partial charge in [0, 0.05) is 12.6 Å². The molecule has 19 heavy (non-hydrogen) atoms. The molecule has 2 rings (SSSR count). The highest BCUT2D eigenvalue weighted by atomic mass is 16.5. The van der Waals surface area contributed by atoms with E-state index in [-0.39, 0.29) is 12.2 Å². The van der Waals surface area contributed by atoms with E-state index in [1.165, 1.54) is 0 Å². The maximum atomic E-state index is 12.3. The zero-order valence-electron chi connectivity index (χ0n) is 10.8. The van der Waals surface area contributed by atoms with E-state index in [1.807, 2.05) is 19.1 Å². The van der Waals surface area contributed by atoms with Gasteiger partial charge >= 0.3 is 0 Å². The molecule has 98 valence electrons. The molecule has 2 aromatic rings. The van der Waals surface area contributed by atoms with Crippen molar-refractivity contribution in [3.05, 3.63) is 53.7 Å². The summed E-state index contributed by atoms with van der Waals surface area (Å²) in [6.07, 6.45) is 1.89. The highest BCUT2D eigenvalue weighted by Crippen LogP contribution is 2.20. The van der Waals surface area contributed by atoms with Crippen LogP contribution in [0, 0.1) is 0 Å². The second-order valence-electron chi connectivity index (χ2n) is 4.12. The van der Waals surface area contributed by atoms with Crippen molar-refractivity contribution in [2.24, 2.45) is 0 Å². The SMILES string of the molecule is CCOc1ccccc1C(=O)Cc1ccnc(N)c1. The highest BCUT2D eigenvalue weighted by molar-refractivity contribution is 6.00. The molecule has 1 aromatic carbocycles. The molecule has 0 aliphatic carbocycles. The Bertz CT molecular complexity index is 582. The monoisotopic (exact) mass is 256 g/mol. The zero-order valence-corrected chi connectivity index (χ0v) is 10.8. The minimum Gasteiger partial charge on any atom is -0.493 e. The van der Waals surface area contributed by atoms with E-state index in [2.05, 4.69) is 4.98 Å².